The van der Waals surface area contributed by atoms with E-state index in [1.54, 1.807) is 0 Å². The van der Waals surface area contributed by atoms with Crippen molar-refractivity contribution in [1.82, 2.24) is 4.90 Å². The third-order valence-corrected chi connectivity index (χ3v) is 6.44. The molecular weight excluding hydrogens is 298 g/mol. The first kappa shape index (κ1) is 16.0. The second kappa shape index (κ2) is 6.69. The fourth-order valence-corrected chi connectivity index (χ4v) is 5.15. The first-order valence-electron chi connectivity index (χ1n) is 8.13. The van der Waals surface area contributed by atoms with Crippen LogP contribution in [0.25, 0.3) is 0 Å². The normalized spacial score (nSPS) is 27.5. The van der Waals surface area contributed by atoms with Gasteiger partial charge in [-0.3, -0.25) is 4.90 Å². The van der Waals surface area contributed by atoms with E-state index in [1.165, 1.54) is 11.1 Å². The van der Waals surface area contributed by atoms with Crippen LogP contribution >= 0.6 is 0 Å². The number of ether oxygens (including phenoxy) is 1. The van der Waals surface area contributed by atoms with Gasteiger partial charge in [0.2, 0.25) is 0 Å². The van der Waals surface area contributed by atoms with Gasteiger partial charge in [0.15, 0.2) is 9.84 Å². The van der Waals surface area contributed by atoms with Crippen LogP contribution in [-0.4, -0.2) is 50.1 Å². The molecule has 1 aromatic carbocycles. The van der Waals surface area contributed by atoms with Crippen LogP contribution in [0.5, 0.6) is 0 Å². The van der Waals surface area contributed by atoms with Crippen LogP contribution in [0.2, 0.25) is 0 Å². The highest BCUT2D eigenvalue weighted by molar-refractivity contribution is 7.91. The van der Waals surface area contributed by atoms with E-state index in [1.807, 2.05) is 0 Å². The van der Waals surface area contributed by atoms with Gasteiger partial charge in [-0.2, -0.15) is 0 Å². The molecule has 2 fully saturated rings. The van der Waals surface area contributed by atoms with Gasteiger partial charge in [-0.1, -0.05) is 29.8 Å². The van der Waals surface area contributed by atoms with Crippen molar-refractivity contribution in [3.8, 4) is 0 Å². The summed E-state index contributed by atoms with van der Waals surface area (Å²) in [6, 6.07) is 8.65. The Bertz CT molecular complexity index is 591. The van der Waals surface area contributed by atoms with Crippen LogP contribution in [0.1, 0.15) is 30.4 Å². The summed E-state index contributed by atoms with van der Waals surface area (Å²) in [7, 11) is -2.86. The third kappa shape index (κ3) is 4.09. The number of aryl methyl sites for hydroxylation is 1. The van der Waals surface area contributed by atoms with Crippen LogP contribution in [0.3, 0.4) is 0 Å². The zero-order chi connectivity index (χ0) is 15.6. The summed E-state index contributed by atoms with van der Waals surface area (Å²) in [6.45, 7) is 4.57. The van der Waals surface area contributed by atoms with Crippen LogP contribution < -0.4 is 0 Å². The second-order valence-corrected chi connectivity index (χ2v) is 8.84. The van der Waals surface area contributed by atoms with E-state index < -0.39 is 9.84 Å². The van der Waals surface area contributed by atoms with E-state index in [0.717, 1.165) is 39.0 Å². The Morgan fingerprint density at radius 1 is 1.23 bits per heavy atom. The lowest BCUT2D eigenvalue weighted by atomic mass is 10.1. The molecule has 0 unspecified atom stereocenters. The summed E-state index contributed by atoms with van der Waals surface area (Å²) in [5.41, 5.74) is 2.49. The lowest BCUT2D eigenvalue weighted by Gasteiger charge is -2.30. The lowest BCUT2D eigenvalue weighted by Crippen LogP contribution is -2.40. The van der Waals surface area contributed by atoms with Crippen molar-refractivity contribution in [2.75, 3.05) is 24.7 Å². The summed E-state index contributed by atoms with van der Waals surface area (Å²) < 4.78 is 29.4. The molecule has 22 heavy (non-hydrogen) atoms. The fourth-order valence-electron chi connectivity index (χ4n) is 3.38. The Morgan fingerprint density at radius 3 is 2.59 bits per heavy atom. The van der Waals surface area contributed by atoms with Gasteiger partial charge in [-0.25, -0.2) is 8.42 Å². The smallest absolute Gasteiger partial charge is 0.151 e. The molecule has 0 aliphatic carbocycles. The molecule has 2 heterocycles. The minimum atomic E-state index is -2.86. The van der Waals surface area contributed by atoms with Gasteiger partial charge in [-0.15, -0.1) is 0 Å². The number of hydrogen-bond acceptors (Lipinski definition) is 4. The molecule has 0 N–H and O–H groups in total. The van der Waals surface area contributed by atoms with Crippen molar-refractivity contribution in [1.29, 1.82) is 0 Å². The first-order chi connectivity index (χ1) is 10.5. The SMILES string of the molecule is Cc1ccc(CN(C[C@H]2CCCO2)[C@@H]2CCS(=O)(=O)C2)cc1. The third-order valence-electron chi connectivity index (χ3n) is 4.69. The molecule has 1 aromatic rings. The summed E-state index contributed by atoms with van der Waals surface area (Å²) >= 11 is 0. The maximum atomic E-state index is 11.8. The van der Waals surface area contributed by atoms with Gasteiger partial charge in [0.05, 0.1) is 17.6 Å². The van der Waals surface area contributed by atoms with Gasteiger partial charge in [0.25, 0.3) is 0 Å². The molecule has 5 heteroatoms. The van der Waals surface area contributed by atoms with Crippen molar-refractivity contribution in [2.24, 2.45) is 0 Å². The minimum Gasteiger partial charge on any atom is -0.377 e. The summed E-state index contributed by atoms with van der Waals surface area (Å²) in [6.07, 6.45) is 3.21. The standard InChI is InChI=1S/C17H25NO3S/c1-14-4-6-15(7-5-14)11-18(12-17-3-2-9-21-17)16-8-10-22(19,20)13-16/h4-7,16-17H,2-3,8-13H2,1H3/t16-,17-/m1/s1. The number of hydrogen-bond donors (Lipinski definition) is 0. The molecule has 0 saturated carbocycles. The maximum Gasteiger partial charge on any atom is 0.151 e. The average molecular weight is 323 g/mol. The molecule has 0 radical (unpaired) electrons. The minimum absolute atomic E-state index is 0.135. The van der Waals surface area contributed by atoms with E-state index in [9.17, 15) is 8.42 Å². The Kier molecular flexibility index (Phi) is 4.85. The largest absolute Gasteiger partial charge is 0.377 e. The van der Waals surface area contributed by atoms with Crippen molar-refractivity contribution in [3.05, 3.63) is 35.4 Å². The van der Waals surface area contributed by atoms with Crippen LogP contribution in [0.15, 0.2) is 24.3 Å². The number of sulfone groups is 1. The Balaban J connectivity index is 1.71. The number of benzene rings is 1. The predicted molar refractivity (Wildman–Crippen MR) is 87.6 cm³/mol. The Hall–Kier alpha value is -0.910. The molecule has 0 spiro atoms. The molecule has 122 valence electrons. The fraction of sp³-hybridized carbons (Fsp3) is 0.647. The van der Waals surface area contributed by atoms with E-state index in [0.29, 0.717) is 11.5 Å². The zero-order valence-corrected chi connectivity index (χ0v) is 14.0. The summed E-state index contributed by atoms with van der Waals surface area (Å²) in [5.74, 6) is 0.624. The first-order valence-corrected chi connectivity index (χ1v) is 9.95. The van der Waals surface area contributed by atoms with E-state index in [2.05, 4.69) is 36.1 Å². The maximum absolute atomic E-state index is 11.8. The Morgan fingerprint density at radius 2 is 2.00 bits per heavy atom. The van der Waals surface area contributed by atoms with Crippen LogP contribution in [0, 0.1) is 6.92 Å². The van der Waals surface area contributed by atoms with E-state index in [4.69, 9.17) is 4.74 Å². The van der Waals surface area contributed by atoms with Crippen LogP contribution in [0.4, 0.5) is 0 Å². The summed E-state index contributed by atoms with van der Waals surface area (Å²) in [4.78, 5) is 2.32. The van der Waals surface area contributed by atoms with Crippen LogP contribution in [-0.2, 0) is 21.1 Å². The van der Waals surface area contributed by atoms with E-state index in [-0.39, 0.29) is 12.1 Å². The molecule has 3 rings (SSSR count). The molecule has 0 bridgehead atoms. The molecule has 0 aromatic heterocycles. The molecule has 2 saturated heterocycles. The monoisotopic (exact) mass is 323 g/mol. The topological polar surface area (TPSA) is 46.6 Å². The lowest BCUT2D eigenvalue weighted by molar-refractivity contribution is 0.0574. The molecular formula is C17H25NO3S. The predicted octanol–water partition coefficient (Wildman–Crippen LogP) is 2.16. The number of rotatable bonds is 5. The quantitative estimate of drug-likeness (QED) is 0.833. The van der Waals surface area contributed by atoms with Gasteiger partial charge >= 0.3 is 0 Å². The van der Waals surface area contributed by atoms with Gasteiger partial charge in [0.1, 0.15) is 0 Å². The molecule has 2 aliphatic heterocycles. The highest BCUT2D eigenvalue weighted by Crippen LogP contribution is 2.23. The molecule has 4 nitrogen and oxygen atoms in total. The zero-order valence-electron chi connectivity index (χ0n) is 13.2. The van der Waals surface area contributed by atoms with Gasteiger partial charge in [-0.05, 0) is 31.7 Å². The molecule has 2 atom stereocenters. The van der Waals surface area contributed by atoms with Gasteiger partial charge in [0, 0.05) is 25.7 Å². The number of nitrogens with zero attached hydrogens (tertiary/aromatic N) is 1. The van der Waals surface area contributed by atoms with Crippen molar-refractivity contribution >= 4 is 9.84 Å². The van der Waals surface area contributed by atoms with Crippen molar-refractivity contribution in [3.63, 3.8) is 0 Å². The van der Waals surface area contributed by atoms with E-state index >= 15 is 0 Å². The van der Waals surface area contributed by atoms with Crippen molar-refractivity contribution in [2.45, 2.75) is 44.9 Å². The van der Waals surface area contributed by atoms with Crippen molar-refractivity contribution < 1.29 is 13.2 Å². The average Bonchev–Trinajstić information content (AvgIpc) is 3.10. The van der Waals surface area contributed by atoms with Gasteiger partial charge < -0.3 is 4.74 Å². The molecule has 0 amide bonds. The highest BCUT2D eigenvalue weighted by Gasteiger charge is 2.33. The summed E-state index contributed by atoms with van der Waals surface area (Å²) in [5, 5.41) is 0. The second-order valence-electron chi connectivity index (χ2n) is 6.61. The highest BCUT2D eigenvalue weighted by atomic mass is 32.2. The molecule has 2 aliphatic rings. The Labute approximate surface area is 133 Å².